The largest absolute Gasteiger partial charge is 0.386 e. The zero-order chi connectivity index (χ0) is 14.2. The maximum Gasteiger partial charge on any atom is 0.229 e. The summed E-state index contributed by atoms with van der Waals surface area (Å²) in [5.74, 6) is 0.0943. The van der Waals surface area contributed by atoms with Crippen molar-refractivity contribution in [1.82, 2.24) is 4.90 Å². The Balaban J connectivity index is 2.07. The van der Waals surface area contributed by atoms with Crippen LogP contribution in [-0.4, -0.2) is 33.8 Å². The van der Waals surface area contributed by atoms with Crippen LogP contribution in [0.3, 0.4) is 0 Å². The zero-order valence-electron chi connectivity index (χ0n) is 11.5. The van der Waals surface area contributed by atoms with Crippen LogP contribution in [0.15, 0.2) is 30.3 Å². The van der Waals surface area contributed by atoms with Gasteiger partial charge in [0.1, 0.15) is 0 Å². The summed E-state index contributed by atoms with van der Waals surface area (Å²) < 4.78 is 0. The normalized spacial score (nSPS) is 28.6. The third-order valence-corrected chi connectivity index (χ3v) is 5.49. The summed E-state index contributed by atoms with van der Waals surface area (Å²) in [5, 5.41) is 10.4. The van der Waals surface area contributed by atoms with E-state index in [9.17, 15) is 9.90 Å². The molecule has 4 heteroatoms. The van der Waals surface area contributed by atoms with E-state index in [0.29, 0.717) is 0 Å². The van der Waals surface area contributed by atoms with Crippen molar-refractivity contribution in [2.24, 2.45) is 5.41 Å². The highest BCUT2D eigenvalue weighted by Gasteiger charge is 2.56. The zero-order valence-corrected chi connectivity index (χ0v) is 13.1. The number of carbonyl (C=O) groups excluding carboxylic acids is 1. The fraction of sp³-hybridized carbons (Fsp3) is 0.533. The molecule has 0 spiro atoms. The Morgan fingerprint density at radius 3 is 2.47 bits per heavy atom. The van der Waals surface area contributed by atoms with E-state index in [1.807, 2.05) is 44.2 Å². The van der Waals surface area contributed by atoms with Gasteiger partial charge in [0.25, 0.3) is 0 Å². The van der Waals surface area contributed by atoms with Gasteiger partial charge in [-0.05, 0) is 25.8 Å². The van der Waals surface area contributed by atoms with Gasteiger partial charge in [0, 0.05) is 11.9 Å². The molecule has 2 rings (SSSR count). The van der Waals surface area contributed by atoms with Gasteiger partial charge < -0.3 is 10.0 Å². The Bertz CT molecular complexity index is 464. The van der Waals surface area contributed by atoms with Crippen LogP contribution in [0.4, 0.5) is 0 Å². The summed E-state index contributed by atoms with van der Waals surface area (Å²) in [7, 11) is 1.77. The first-order valence-corrected chi connectivity index (χ1v) is 7.44. The van der Waals surface area contributed by atoms with E-state index < -0.39 is 6.10 Å². The maximum atomic E-state index is 12.4. The monoisotopic (exact) mass is 325 g/mol. The number of hydrogen-bond acceptors (Lipinski definition) is 2. The molecule has 0 radical (unpaired) electrons. The standard InChI is InChI=1S/C15H20BrNO2/c1-10(13(18)11-7-5-4-6-8-11)17(3)14(19)15(2)9-12(15)16/h4-8,10,12-13,18H,9H2,1-3H3/t10-,12?,13+,15?/m1/s1. The van der Waals surface area contributed by atoms with E-state index >= 15 is 0 Å². The molecule has 1 fully saturated rings. The van der Waals surface area contributed by atoms with Crippen LogP contribution >= 0.6 is 15.9 Å². The number of aliphatic hydroxyl groups excluding tert-OH is 1. The molecule has 2 unspecified atom stereocenters. The highest BCUT2D eigenvalue weighted by atomic mass is 79.9. The van der Waals surface area contributed by atoms with Crippen LogP contribution in [0.2, 0.25) is 0 Å². The van der Waals surface area contributed by atoms with Crippen molar-refractivity contribution >= 4 is 21.8 Å². The molecule has 1 amide bonds. The molecule has 0 saturated heterocycles. The van der Waals surface area contributed by atoms with Crippen molar-refractivity contribution < 1.29 is 9.90 Å². The number of benzene rings is 1. The Hall–Kier alpha value is -0.870. The molecule has 0 aliphatic heterocycles. The molecular formula is C15H20BrNO2. The first-order chi connectivity index (χ1) is 8.88. The van der Waals surface area contributed by atoms with Crippen molar-refractivity contribution in [1.29, 1.82) is 0 Å². The Labute approximate surface area is 122 Å². The Morgan fingerprint density at radius 2 is 2.00 bits per heavy atom. The molecule has 1 N–H and O–H groups in total. The van der Waals surface area contributed by atoms with Gasteiger partial charge >= 0.3 is 0 Å². The fourth-order valence-corrected chi connectivity index (χ4v) is 3.13. The number of alkyl halides is 1. The van der Waals surface area contributed by atoms with E-state index in [1.165, 1.54) is 0 Å². The maximum absolute atomic E-state index is 12.4. The predicted molar refractivity (Wildman–Crippen MR) is 79.1 cm³/mol. The minimum Gasteiger partial charge on any atom is -0.386 e. The molecule has 1 aromatic carbocycles. The highest BCUT2D eigenvalue weighted by Crippen LogP contribution is 2.52. The van der Waals surface area contributed by atoms with Gasteiger partial charge in [-0.25, -0.2) is 0 Å². The average molecular weight is 326 g/mol. The summed E-state index contributed by atoms with van der Waals surface area (Å²) in [5.41, 5.74) is 0.533. The van der Waals surface area contributed by atoms with E-state index in [0.717, 1.165) is 12.0 Å². The van der Waals surface area contributed by atoms with Gasteiger partial charge in [-0.15, -0.1) is 0 Å². The van der Waals surface area contributed by atoms with Gasteiger partial charge in [0.05, 0.1) is 17.6 Å². The van der Waals surface area contributed by atoms with Crippen molar-refractivity contribution in [2.45, 2.75) is 37.2 Å². The molecule has 0 bridgehead atoms. The second kappa shape index (κ2) is 5.25. The number of aliphatic hydroxyl groups is 1. The van der Waals surface area contributed by atoms with Crippen molar-refractivity contribution in [3.05, 3.63) is 35.9 Å². The van der Waals surface area contributed by atoms with Crippen molar-refractivity contribution in [3.8, 4) is 0 Å². The van der Waals surface area contributed by atoms with Gasteiger partial charge in [0.15, 0.2) is 0 Å². The first-order valence-electron chi connectivity index (χ1n) is 6.52. The smallest absolute Gasteiger partial charge is 0.229 e. The number of amides is 1. The van der Waals surface area contributed by atoms with Crippen LogP contribution in [0, 0.1) is 5.41 Å². The number of rotatable bonds is 4. The predicted octanol–water partition coefficient (Wildman–Crippen LogP) is 2.74. The number of carbonyl (C=O) groups is 1. The second-order valence-corrected chi connectivity index (χ2v) is 6.71. The van der Waals surface area contributed by atoms with Crippen LogP contribution in [0.5, 0.6) is 0 Å². The van der Waals surface area contributed by atoms with Gasteiger partial charge in [-0.2, -0.15) is 0 Å². The molecule has 104 valence electrons. The van der Waals surface area contributed by atoms with Crippen molar-refractivity contribution in [3.63, 3.8) is 0 Å². The minimum atomic E-state index is -0.661. The summed E-state index contributed by atoms with van der Waals surface area (Å²) in [6, 6.07) is 9.22. The third kappa shape index (κ3) is 2.70. The molecule has 3 nitrogen and oxygen atoms in total. The lowest BCUT2D eigenvalue weighted by Gasteiger charge is -2.31. The Morgan fingerprint density at radius 1 is 1.47 bits per heavy atom. The van der Waals surface area contributed by atoms with Crippen LogP contribution < -0.4 is 0 Å². The SMILES string of the molecule is C[C@H]([C@H](O)c1ccccc1)N(C)C(=O)C1(C)CC1Br. The average Bonchev–Trinajstić information content (AvgIpc) is 3.05. The molecule has 1 aromatic rings. The van der Waals surface area contributed by atoms with Gasteiger partial charge in [-0.1, -0.05) is 46.3 Å². The second-order valence-electron chi connectivity index (χ2n) is 5.60. The van der Waals surface area contributed by atoms with Crippen LogP contribution in [0.1, 0.15) is 31.9 Å². The van der Waals surface area contributed by atoms with E-state index in [2.05, 4.69) is 15.9 Å². The number of halogens is 1. The van der Waals surface area contributed by atoms with Crippen LogP contribution in [-0.2, 0) is 4.79 Å². The van der Waals surface area contributed by atoms with E-state index in [-0.39, 0.29) is 22.2 Å². The molecule has 0 aromatic heterocycles. The van der Waals surface area contributed by atoms with Gasteiger partial charge in [0.2, 0.25) is 5.91 Å². The van der Waals surface area contributed by atoms with E-state index in [1.54, 1.807) is 11.9 Å². The topological polar surface area (TPSA) is 40.5 Å². The lowest BCUT2D eigenvalue weighted by molar-refractivity contribution is -0.139. The lowest BCUT2D eigenvalue weighted by Crippen LogP contribution is -2.43. The first kappa shape index (κ1) is 14.5. The summed E-state index contributed by atoms with van der Waals surface area (Å²) in [6.07, 6.45) is 0.205. The summed E-state index contributed by atoms with van der Waals surface area (Å²) >= 11 is 3.49. The number of likely N-dealkylation sites (N-methyl/N-ethyl adjacent to an activating group) is 1. The molecule has 19 heavy (non-hydrogen) atoms. The third-order valence-electron chi connectivity index (χ3n) is 4.15. The summed E-state index contributed by atoms with van der Waals surface area (Å²) in [6.45, 7) is 3.84. The highest BCUT2D eigenvalue weighted by molar-refractivity contribution is 9.09. The van der Waals surface area contributed by atoms with Gasteiger partial charge in [-0.3, -0.25) is 4.79 Å². The molecular weight excluding hydrogens is 306 g/mol. The molecule has 1 saturated carbocycles. The number of nitrogens with zero attached hydrogens (tertiary/aromatic N) is 1. The fourth-order valence-electron chi connectivity index (χ4n) is 2.26. The van der Waals surface area contributed by atoms with Crippen LogP contribution in [0.25, 0.3) is 0 Å². The quantitative estimate of drug-likeness (QED) is 0.865. The number of hydrogen-bond donors (Lipinski definition) is 1. The summed E-state index contributed by atoms with van der Waals surface area (Å²) in [4.78, 5) is 14.3. The lowest BCUT2D eigenvalue weighted by atomic mass is 10.0. The minimum absolute atomic E-state index is 0.0943. The molecule has 1 aliphatic rings. The molecule has 0 heterocycles. The van der Waals surface area contributed by atoms with E-state index in [4.69, 9.17) is 0 Å². The van der Waals surface area contributed by atoms with Crippen molar-refractivity contribution in [2.75, 3.05) is 7.05 Å². The molecule has 1 aliphatic carbocycles. The Kier molecular flexibility index (Phi) is 4.02. The molecule has 4 atom stereocenters.